The summed E-state index contributed by atoms with van der Waals surface area (Å²) in [5, 5.41) is 3.17. The lowest BCUT2D eigenvalue weighted by molar-refractivity contribution is -0.119. The number of sulfonamides is 1. The molecular weight excluding hydrogens is 460 g/mol. The second-order valence-corrected chi connectivity index (χ2v) is 10.1. The number of nitrogens with one attached hydrogen (secondary N) is 1. The van der Waals surface area contributed by atoms with Crippen molar-refractivity contribution in [2.24, 2.45) is 0 Å². The molecular formula is C25H27ClN2O4S. The molecule has 0 aromatic heterocycles. The molecule has 3 rings (SSSR count). The fraction of sp³-hybridized carbons (Fsp3) is 0.240. The van der Waals surface area contributed by atoms with Crippen LogP contribution in [0.3, 0.4) is 0 Å². The summed E-state index contributed by atoms with van der Waals surface area (Å²) in [6, 6.07) is 20.9. The van der Waals surface area contributed by atoms with Crippen LogP contribution in [0.1, 0.15) is 24.0 Å². The predicted octanol–water partition coefficient (Wildman–Crippen LogP) is 4.77. The second-order valence-electron chi connectivity index (χ2n) is 7.76. The molecule has 0 unspecified atom stereocenters. The van der Waals surface area contributed by atoms with Gasteiger partial charge in [-0.05, 0) is 48.7 Å². The lowest BCUT2D eigenvalue weighted by atomic mass is 10.0. The summed E-state index contributed by atoms with van der Waals surface area (Å²) in [6.07, 6.45) is 0. The van der Waals surface area contributed by atoms with Gasteiger partial charge in [-0.2, -0.15) is 0 Å². The van der Waals surface area contributed by atoms with Crippen molar-refractivity contribution in [3.8, 4) is 5.75 Å². The Kier molecular flexibility index (Phi) is 8.00. The summed E-state index contributed by atoms with van der Waals surface area (Å²) in [6.45, 7) is 3.81. The van der Waals surface area contributed by atoms with Crippen LogP contribution in [0.4, 0.5) is 5.69 Å². The molecule has 8 heteroatoms. The van der Waals surface area contributed by atoms with Crippen LogP contribution in [0.2, 0.25) is 5.02 Å². The van der Waals surface area contributed by atoms with Crippen molar-refractivity contribution in [2.45, 2.75) is 24.7 Å². The Hall–Kier alpha value is -3.03. The average molecular weight is 487 g/mol. The molecule has 1 atom stereocenters. The van der Waals surface area contributed by atoms with Gasteiger partial charge in [-0.3, -0.25) is 9.10 Å². The van der Waals surface area contributed by atoms with Gasteiger partial charge in [-0.15, -0.1) is 0 Å². The third-order valence-electron chi connectivity index (χ3n) is 5.28. The number of methoxy groups -OCH3 is 1. The van der Waals surface area contributed by atoms with Crippen molar-refractivity contribution in [3.63, 3.8) is 0 Å². The number of rotatable bonds is 9. The Morgan fingerprint density at radius 3 is 2.36 bits per heavy atom. The molecule has 0 fully saturated rings. The van der Waals surface area contributed by atoms with Crippen LogP contribution < -0.4 is 14.4 Å². The van der Waals surface area contributed by atoms with Crippen molar-refractivity contribution >= 4 is 33.2 Å². The third-order valence-corrected chi connectivity index (χ3v) is 7.29. The fourth-order valence-corrected chi connectivity index (χ4v) is 4.94. The molecule has 6 nitrogen and oxygen atoms in total. The first-order valence-corrected chi connectivity index (χ1v) is 12.3. The Balaban J connectivity index is 1.90. The number of carbonyl (C=O) groups excluding carboxylic acids is 1. The average Bonchev–Trinajstić information content (AvgIpc) is 2.81. The highest BCUT2D eigenvalue weighted by Gasteiger charge is 2.29. The van der Waals surface area contributed by atoms with E-state index in [-0.39, 0.29) is 16.5 Å². The molecule has 174 valence electrons. The summed E-state index contributed by atoms with van der Waals surface area (Å²) in [5.74, 6) is -0.0750. The van der Waals surface area contributed by atoms with Crippen LogP contribution in [0.25, 0.3) is 0 Å². The van der Waals surface area contributed by atoms with Crippen LogP contribution >= 0.6 is 11.6 Å². The first-order chi connectivity index (χ1) is 15.7. The molecule has 0 saturated heterocycles. The lowest BCUT2D eigenvalue weighted by Gasteiger charge is -2.26. The molecule has 0 aliphatic heterocycles. The van der Waals surface area contributed by atoms with Crippen molar-refractivity contribution < 1.29 is 17.9 Å². The maximum absolute atomic E-state index is 13.6. The zero-order chi connectivity index (χ0) is 24.0. The van der Waals surface area contributed by atoms with Crippen LogP contribution in [-0.2, 0) is 14.8 Å². The quantitative estimate of drug-likeness (QED) is 0.472. The molecule has 33 heavy (non-hydrogen) atoms. The fourth-order valence-electron chi connectivity index (χ4n) is 3.35. The van der Waals surface area contributed by atoms with Gasteiger partial charge in [-0.25, -0.2) is 8.42 Å². The zero-order valence-corrected chi connectivity index (χ0v) is 20.4. The minimum absolute atomic E-state index is 0.0676. The van der Waals surface area contributed by atoms with Crippen molar-refractivity contribution in [2.75, 3.05) is 24.5 Å². The summed E-state index contributed by atoms with van der Waals surface area (Å²) < 4.78 is 33.5. The van der Waals surface area contributed by atoms with Gasteiger partial charge in [0.15, 0.2) is 0 Å². The van der Waals surface area contributed by atoms with Crippen molar-refractivity contribution in [1.82, 2.24) is 5.32 Å². The Morgan fingerprint density at radius 2 is 1.73 bits per heavy atom. The molecule has 0 spiro atoms. The van der Waals surface area contributed by atoms with Gasteiger partial charge in [-0.1, -0.05) is 66.6 Å². The van der Waals surface area contributed by atoms with Crippen molar-refractivity contribution in [3.05, 3.63) is 88.9 Å². The minimum Gasteiger partial charge on any atom is -0.495 e. The van der Waals surface area contributed by atoms with E-state index in [2.05, 4.69) is 5.32 Å². The molecule has 0 bridgehead atoms. The first kappa shape index (κ1) is 24.6. The predicted molar refractivity (Wildman–Crippen MR) is 132 cm³/mol. The smallest absolute Gasteiger partial charge is 0.264 e. The number of anilines is 1. The highest BCUT2D eigenvalue weighted by Crippen LogP contribution is 2.34. The molecule has 0 saturated carbocycles. The molecule has 3 aromatic rings. The maximum atomic E-state index is 13.6. The van der Waals surface area contributed by atoms with Gasteiger partial charge in [0.05, 0.1) is 17.7 Å². The minimum atomic E-state index is -4.07. The van der Waals surface area contributed by atoms with Gasteiger partial charge in [0.1, 0.15) is 12.3 Å². The Labute approximate surface area is 200 Å². The van der Waals surface area contributed by atoms with Gasteiger partial charge in [0.2, 0.25) is 5.91 Å². The zero-order valence-electron chi connectivity index (χ0n) is 18.8. The van der Waals surface area contributed by atoms with E-state index < -0.39 is 22.5 Å². The van der Waals surface area contributed by atoms with Gasteiger partial charge in [0, 0.05) is 11.6 Å². The third kappa shape index (κ3) is 6.06. The number of aryl methyl sites for hydroxylation is 1. The highest BCUT2D eigenvalue weighted by atomic mass is 35.5. The molecule has 0 radical (unpaired) electrons. The molecule has 1 amide bonds. The number of hydrogen-bond donors (Lipinski definition) is 1. The van der Waals surface area contributed by atoms with Crippen LogP contribution in [-0.4, -0.2) is 34.5 Å². The summed E-state index contributed by atoms with van der Waals surface area (Å²) in [7, 11) is -2.64. The number of nitrogens with zero attached hydrogens (tertiary/aromatic N) is 1. The number of amides is 1. The molecule has 0 aliphatic carbocycles. The Bertz CT molecular complexity index is 1200. The monoisotopic (exact) mass is 486 g/mol. The van der Waals surface area contributed by atoms with Gasteiger partial charge < -0.3 is 10.1 Å². The molecule has 0 aliphatic rings. The molecule has 1 N–H and O–H groups in total. The SMILES string of the molecule is COc1ccc(Cl)cc1N(CC(=O)NC[C@H](C)c1ccccc1)S(=O)(=O)c1ccc(C)cc1. The van der Waals surface area contributed by atoms with E-state index in [1.807, 2.05) is 44.2 Å². The lowest BCUT2D eigenvalue weighted by Crippen LogP contribution is -2.42. The standard InChI is InChI=1S/C25H27ClN2O4S/c1-18-9-12-22(13-10-18)33(30,31)28(23-15-21(26)11-14-24(23)32-3)17-25(29)27-16-19(2)20-7-5-4-6-8-20/h4-15,19H,16-17H2,1-3H3,(H,27,29)/t19-/m0/s1. The van der Waals surface area contributed by atoms with Crippen LogP contribution in [0, 0.1) is 6.92 Å². The van der Waals surface area contributed by atoms with Crippen LogP contribution in [0.5, 0.6) is 5.75 Å². The van der Waals surface area contributed by atoms with Gasteiger partial charge >= 0.3 is 0 Å². The van der Waals surface area contributed by atoms with E-state index in [0.29, 0.717) is 17.3 Å². The number of hydrogen-bond acceptors (Lipinski definition) is 4. The number of ether oxygens (including phenoxy) is 1. The normalized spacial score (nSPS) is 12.1. The number of halogens is 1. The topological polar surface area (TPSA) is 75.7 Å². The van der Waals surface area contributed by atoms with E-state index in [4.69, 9.17) is 16.3 Å². The highest BCUT2D eigenvalue weighted by molar-refractivity contribution is 7.92. The van der Waals surface area contributed by atoms with E-state index in [1.54, 1.807) is 24.3 Å². The van der Waals surface area contributed by atoms with E-state index >= 15 is 0 Å². The largest absolute Gasteiger partial charge is 0.495 e. The molecule has 3 aromatic carbocycles. The van der Waals surface area contributed by atoms with Crippen molar-refractivity contribution in [1.29, 1.82) is 0 Å². The van der Waals surface area contributed by atoms with E-state index in [1.165, 1.54) is 25.3 Å². The van der Waals surface area contributed by atoms with Crippen LogP contribution in [0.15, 0.2) is 77.7 Å². The number of carbonyl (C=O) groups is 1. The Morgan fingerprint density at radius 1 is 1.06 bits per heavy atom. The van der Waals surface area contributed by atoms with E-state index in [9.17, 15) is 13.2 Å². The maximum Gasteiger partial charge on any atom is 0.264 e. The van der Waals surface area contributed by atoms with Gasteiger partial charge in [0.25, 0.3) is 10.0 Å². The first-order valence-electron chi connectivity index (χ1n) is 10.5. The summed E-state index contributed by atoms with van der Waals surface area (Å²) >= 11 is 6.16. The van der Waals surface area contributed by atoms with E-state index in [0.717, 1.165) is 15.4 Å². The number of benzene rings is 3. The summed E-state index contributed by atoms with van der Waals surface area (Å²) in [5.41, 5.74) is 2.20. The molecule has 0 heterocycles. The summed E-state index contributed by atoms with van der Waals surface area (Å²) in [4.78, 5) is 13.0. The second kappa shape index (κ2) is 10.7.